The van der Waals surface area contributed by atoms with Crippen molar-refractivity contribution in [3.8, 4) is 11.3 Å². The lowest BCUT2D eigenvalue weighted by Crippen LogP contribution is -2.12. The molecule has 0 unspecified atom stereocenters. The average molecular weight is 199 g/mol. The van der Waals surface area contributed by atoms with Gasteiger partial charge < -0.3 is 5.73 Å². The Labute approximate surface area is 86.8 Å². The summed E-state index contributed by atoms with van der Waals surface area (Å²) in [6.07, 6.45) is 4.73. The smallest absolute Gasteiger partial charge is 0.250 e. The first-order valence-electron chi connectivity index (χ1n) is 4.44. The molecule has 0 aromatic carbocycles. The van der Waals surface area contributed by atoms with Gasteiger partial charge in [-0.2, -0.15) is 0 Å². The maximum atomic E-state index is 11.1. The number of nitrogens with two attached hydrogens (primary N) is 1. The minimum atomic E-state index is -0.497. The van der Waals surface area contributed by atoms with Gasteiger partial charge in [0.05, 0.1) is 11.3 Å². The van der Waals surface area contributed by atoms with Gasteiger partial charge in [0.1, 0.15) is 0 Å². The summed E-state index contributed by atoms with van der Waals surface area (Å²) in [5.74, 6) is -0.497. The molecule has 74 valence electrons. The largest absolute Gasteiger partial charge is 0.366 e. The summed E-state index contributed by atoms with van der Waals surface area (Å²) in [5, 5.41) is 0. The quantitative estimate of drug-likeness (QED) is 0.791. The van der Waals surface area contributed by atoms with Crippen molar-refractivity contribution in [2.45, 2.75) is 0 Å². The van der Waals surface area contributed by atoms with Crippen LogP contribution in [-0.4, -0.2) is 15.9 Å². The third-order valence-corrected chi connectivity index (χ3v) is 2.03. The molecule has 0 spiro atoms. The molecule has 2 N–H and O–H groups in total. The van der Waals surface area contributed by atoms with Crippen molar-refractivity contribution < 1.29 is 4.79 Å². The van der Waals surface area contributed by atoms with Gasteiger partial charge in [-0.25, -0.2) is 0 Å². The van der Waals surface area contributed by atoms with Crippen LogP contribution >= 0.6 is 0 Å². The SMILES string of the molecule is NC(=O)c1cnccc1-c1ccccn1. The van der Waals surface area contributed by atoms with E-state index < -0.39 is 5.91 Å². The van der Waals surface area contributed by atoms with Crippen LogP contribution in [0.25, 0.3) is 11.3 Å². The van der Waals surface area contributed by atoms with Gasteiger partial charge >= 0.3 is 0 Å². The number of hydrogen-bond acceptors (Lipinski definition) is 3. The first kappa shape index (κ1) is 9.33. The van der Waals surface area contributed by atoms with Crippen molar-refractivity contribution in [3.63, 3.8) is 0 Å². The second-order valence-corrected chi connectivity index (χ2v) is 3.00. The van der Waals surface area contributed by atoms with Crippen molar-refractivity contribution >= 4 is 5.91 Å². The molecule has 2 heterocycles. The van der Waals surface area contributed by atoms with Gasteiger partial charge in [0.25, 0.3) is 5.91 Å². The van der Waals surface area contributed by atoms with E-state index in [2.05, 4.69) is 9.97 Å². The lowest BCUT2D eigenvalue weighted by Gasteiger charge is -2.04. The summed E-state index contributed by atoms with van der Waals surface area (Å²) in [4.78, 5) is 19.2. The molecule has 0 radical (unpaired) electrons. The third-order valence-electron chi connectivity index (χ3n) is 2.03. The zero-order chi connectivity index (χ0) is 10.7. The molecule has 0 aliphatic heterocycles. The van der Waals surface area contributed by atoms with E-state index in [0.29, 0.717) is 16.8 Å². The highest BCUT2D eigenvalue weighted by atomic mass is 16.1. The molecule has 15 heavy (non-hydrogen) atoms. The molecule has 0 fully saturated rings. The summed E-state index contributed by atoms with van der Waals surface area (Å²) in [7, 11) is 0. The van der Waals surface area contributed by atoms with Crippen LogP contribution in [0.5, 0.6) is 0 Å². The highest BCUT2D eigenvalue weighted by molar-refractivity contribution is 5.98. The highest BCUT2D eigenvalue weighted by Gasteiger charge is 2.09. The zero-order valence-corrected chi connectivity index (χ0v) is 7.92. The van der Waals surface area contributed by atoms with Gasteiger partial charge in [-0.3, -0.25) is 14.8 Å². The maximum absolute atomic E-state index is 11.1. The monoisotopic (exact) mass is 199 g/mol. The van der Waals surface area contributed by atoms with E-state index in [1.54, 1.807) is 18.5 Å². The molecule has 4 nitrogen and oxygen atoms in total. The van der Waals surface area contributed by atoms with Gasteiger partial charge in [-0.1, -0.05) is 6.07 Å². The van der Waals surface area contributed by atoms with E-state index in [1.807, 2.05) is 18.2 Å². The number of amides is 1. The van der Waals surface area contributed by atoms with Crippen LogP contribution in [0.4, 0.5) is 0 Å². The van der Waals surface area contributed by atoms with Gasteiger partial charge in [-0.15, -0.1) is 0 Å². The fraction of sp³-hybridized carbons (Fsp3) is 0. The van der Waals surface area contributed by atoms with Gasteiger partial charge in [-0.05, 0) is 18.2 Å². The lowest BCUT2D eigenvalue weighted by molar-refractivity contribution is 0.100. The molecule has 4 heteroatoms. The minimum Gasteiger partial charge on any atom is -0.366 e. The highest BCUT2D eigenvalue weighted by Crippen LogP contribution is 2.19. The average Bonchev–Trinajstić information content (AvgIpc) is 2.30. The number of nitrogens with zero attached hydrogens (tertiary/aromatic N) is 2. The fourth-order valence-electron chi connectivity index (χ4n) is 1.34. The number of carbonyl (C=O) groups excluding carboxylic acids is 1. The van der Waals surface area contributed by atoms with E-state index in [9.17, 15) is 4.79 Å². The molecule has 2 aromatic heterocycles. The standard InChI is InChI=1S/C11H9N3O/c12-11(15)9-7-13-6-4-8(9)10-3-1-2-5-14-10/h1-7H,(H2,12,15). The van der Waals surface area contributed by atoms with Gasteiger partial charge in [0.2, 0.25) is 0 Å². The number of primary amides is 1. The topological polar surface area (TPSA) is 68.9 Å². The Morgan fingerprint density at radius 2 is 2.07 bits per heavy atom. The molecule has 1 amide bonds. The first-order valence-corrected chi connectivity index (χ1v) is 4.44. The van der Waals surface area contributed by atoms with Crippen LogP contribution in [0.1, 0.15) is 10.4 Å². The second kappa shape index (κ2) is 3.88. The third kappa shape index (κ3) is 1.83. The summed E-state index contributed by atoms with van der Waals surface area (Å²) in [5.41, 5.74) is 7.05. The van der Waals surface area contributed by atoms with Crippen LogP contribution in [0, 0.1) is 0 Å². The normalized spacial score (nSPS) is 9.87. The molecule has 0 atom stereocenters. The Morgan fingerprint density at radius 3 is 2.73 bits per heavy atom. The van der Waals surface area contributed by atoms with E-state index in [-0.39, 0.29) is 0 Å². The fourth-order valence-corrected chi connectivity index (χ4v) is 1.34. The lowest BCUT2D eigenvalue weighted by atomic mass is 10.1. The summed E-state index contributed by atoms with van der Waals surface area (Å²) in [6, 6.07) is 7.21. The van der Waals surface area contributed by atoms with Gasteiger partial charge in [0, 0.05) is 24.2 Å². The number of hydrogen-bond donors (Lipinski definition) is 1. The van der Waals surface area contributed by atoms with E-state index >= 15 is 0 Å². The molecular weight excluding hydrogens is 190 g/mol. The Kier molecular flexibility index (Phi) is 2.41. The second-order valence-electron chi connectivity index (χ2n) is 3.00. The Hall–Kier alpha value is -2.23. The maximum Gasteiger partial charge on any atom is 0.250 e. The van der Waals surface area contributed by atoms with Crippen LogP contribution in [0.2, 0.25) is 0 Å². The molecule has 0 saturated carbocycles. The van der Waals surface area contributed by atoms with E-state index in [1.165, 1.54) is 6.20 Å². The predicted octanol–water partition coefficient (Wildman–Crippen LogP) is 1.24. The van der Waals surface area contributed by atoms with Crippen LogP contribution < -0.4 is 5.73 Å². The molecule has 0 saturated heterocycles. The molecule has 2 rings (SSSR count). The number of pyridine rings is 2. The summed E-state index contributed by atoms with van der Waals surface area (Å²) >= 11 is 0. The van der Waals surface area contributed by atoms with Crippen molar-refractivity contribution in [1.29, 1.82) is 0 Å². The molecular formula is C11H9N3O. The number of aromatic nitrogens is 2. The van der Waals surface area contributed by atoms with Crippen molar-refractivity contribution in [2.24, 2.45) is 5.73 Å². The van der Waals surface area contributed by atoms with Crippen molar-refractivity contribution in [1.82, 2.24) is 9.97 Å². The number of rotatable bonds is 2. The van der Waals surface area contributed by atoms with Crippen molar-refractivity contribution in [3.05, 3.63) is 48.4 Å². The first-order chi connectivity index (χ1) is 7.29. The van der Waals surface area contributed by atoms with E-state index in [0.717, 1.165) is 0 Å². The Balaban J connectivity index is 2.58. The Bertz CT molecular complexity index is 482. The molecule has 0 aliphatic rings. The van der Waals surface area contributed by atoms with Crippen LogP contribution in [0.15, 0.2) is 42.9 Å². The van der Waals surface area contributed by atoms with Crippen LogP contribution in [-0.2, 0) is 0 Å². The van der Waals surface area contributed by atoms with E-state index in [4.69, 9.17) is 5.73 Å². The van der Waals surface area contributed by atoms with Gasteiger partial charge in [0.15, 0.2) is 0 Å². The Morgan fingerprint density at radius 1 is 1.20 bits per heavy atom. The van der Waals surface area contributed by atoms with Crippen LogP contribution in [0.3, 0.4) is 0 Å². The number of carbonyl (C=O) groups is 1. The predicted molar refractivity (Wildman–Crippen MR) is 56.0 cm³/mol. The minimum absolute atomic E-state index is 0.385. The summed E-state index contributed by atoms with van der Waals surface area (Å²) in [6.45, 7) is 0. The zero-order valence-electron chi connectivity index (χ0n) is 7.92. The molecule has 2 aromatic rings. The van der Waals surface area contributed by atoms with Crippen molar-refractivity contribution in [2.75, 3.05) is 0 Å². The summed E-state index contributed by atoms with van der Waals surface area (Å²) < 4.78 is 0. The molecule has 0 aliphatic carbocycles. The molecule has 0 bridgehead atoms.